The van der Waals surface area contributed by atoms with Crippen LogP contribution in [0.1, 0.15) is 22.4 Å². The van der Waals surface area contributed by atoms with Gasteiger partial charge < -0.3 is 5.73 Å². The Kier molecular flexibility index (Phi) is 2.17. The van der Waals surface area contributed by atoms with Crippen LogP contribution in [-0.2, 0) is 0 Å². The van der Waals surface area contributed by atoms with Gasteiger partial charge in [0.15, 0.2) is 0 Å². The predicted molar refractivity (Wildman–Crippen MR) is 47.6 cm³/mol. The smallest absolute Gasteiger partial charge is 0.141 e. The summed E-state index contributed by atoms with van der Waals surface area (Å²) >= 11 is 0. The quantitative estimate of drug-likeness (QED) is 0.633. The molecule has 0 aliphatic carbocycles. The molecule has 4 nitrogen and oxygen atoms in total. The van der Waals surface area contributed by atoms with Gasteiger partial charge in [0, 0.05) is 0 Å². The molecule has 0 saturated heterocycles. The first-order valence-electron chi connectivity index (χ1n) is 3.68. The van der Waals surface area contributed by atoms with Crippen LogP contribution in [0.25, 0.3) is 0 Å². The van der Waals surface area contributed by atoms with Crippen molar-refractivity contribution in [1.82, 2.24) is 4.98 Å². The van der Waals surface area contributed by atoms with Crippen LogP contribution in [0.4, 0.5) is 5.82 Å². The molecule has 2 N–H and O–H groups in total. The molecule has 0 amide bonds. The van der Waals surface area contributed by atoms with E-state index in [4.69, 9.17) is 16.3 Å². The topological polar surface area (TPSA) is 86.5 Å². The van der Waals surface area contributed by atoms with Crippen molar-refractivity contribution >= 4 is 5.82 Å². The molecule has 0 atom stereocenters. The molecule has 64 valence electrons. The predicted octanol–water partition coefficient (Wildman–Crippen LogP) is 1.02. The van der Waals surface area contributed by atoms with Gasteiger partial charge in [-0.3, -0.25) is 0 Å². The Hall–Kier alpha value is -2.07. The van der Waals surface area contributed by atoms with Crippen LogP contribution >= 0.6 is 0 Å². The van der Waals surface area contributed by atoms with Gasteiger partial charge in [-0.25, -0.2) is 4.98 Å². The highest BCUT2D eigenvalue weighted by molar-refractivity contribution is 5.59. The zero-order valence-corrected chi connectivity index (χ0v) is 7.42. The van der Waals surface area contributed by atoms with Crippen LogP contribution in [0.15, 0.2) is 0 Å². The van der Waals surface area contributed by atoms with Crippen molar-refractivity contribution in [2.75, 3.05) is 5.73 Å². The van der Waals surface area contributed by atoms with Crippen molar-refractivity contribution in [3.8, 4) is 12.1 Å². The molecule has 0 aliphatic rings. The molecule has 0 radical (unpaired) electrons. The van der Waals surface area contributed by atoms with Crippen molar-refractivity contribution in [3.63, 3.8) is 0 Å². The normalized spacial score (nSPS) is 8.92. The zero-order valence-electron chi connectivity index (χ0n) is 7.42. The lowest BCUT2D eigenvalue weighted by atomic mass is 10.0. The standard InChI is InChI=1S/C9H8N4/c1-5-7(3-10)6(2)13-9(12)8(5)4-11/h1-2H3,(H2,12,13). The van der Waals surface area contributed by atoms with Gasteiger partial charge in [0.2, 0.25) is 0 Å². The van der Waals surface area contributed by atoms with E-state index in [1.165, 1.54) is 0 Å². The molecule has 0 saturated carbocycles. The van der Waals surface area contributed by atoms with E-state index in [9.17, 15) is 0 Å². The Labute approximate surface area is 76.2 Å². The second-order valence-corrected chi connectivity index (χ2v) is 2.68. The summed E-state index contributed by atoms with van der Waals surface area (Å²) in [7, 11) is 0. The van der Waals surface area contributed by atoms with E-state index in [0.717, 1.165) is 0 Å². The van der Waals surface area contributed by atoms with Crippen molar-refractivity contribution in [2.45, 2.75) is 13.8 Å². The van der Waals surface area contributed by atoms with Crippen LogP contribution < -0.4 is 5.73 Å². The van der Waals surface area contributed by atoms with Gasteiger partial charge in [0.25, 0.3) is 0 Å². The largest absolute Gasteiger partial charge is 0.383 e. The third-order valence-corrected chi connectivity index (χ3v) is 1.88. The summed E-state index contributed by atoms with van der Waals surface area (Å²) in [5.74, 6) is 0.191. The minimum atomic E-state index is 0.191. The van der Waals surface area contributed by atoms with Crippen LogP contribution in [0.2, 0.25) is 0 Å². The maximum atomic E-state index is 8.77. The van der Waals surface area contributed by atoms with Crippen LogP contribution in [0, 0.1) is 36.5 Å². The first kappa shape index (κ1) is 9.02. The molecule has 1 rings (SSSR count). The maximum Gasteiger partial charge on any atom is 0.141 e. The van der Waals surface area contributed by atoms with Crippen LogP contribution in [-0.4, -0.2) is 4.98 Å². The fraction of sp³-hybridized carbons (Fsp3) is 0.222. The van der Waals surface area contributed by atoms with Gasteiger partial charge in [-0.05, 0) is 19.4 Å². The lowest BCUT2D eigenvalue weighted by molar-refractivity contribution is 1.15. The summed E-state index contributed by atoms with van der Waals surface area (Å²) in [5, 5.41) is 17.5. The number of aryl methyl sites for hydroxylation is 1. The summed E-state index contributed by atoms with van der Waals surface area (Å²) in [4.78, 5) is 3.91. The summed E-state index contributed by atoms with van der Waals surface area (Å²) in [5.41, 5.74) is 7.42. The van der Waals surface area contributed by atoms with Crippen LogP contribution in [0.3, 0.4) is 0 Å². The lowest BCUT2D eigenvalue weighted by Crippen LogP contribution is -2.03. The summed E-state index contributed by atoms with van der Waals surface area (Å²) in [6.07, 6.45) is 0. The average Bonchev–Trinajstić information content (AvgIpc) is 2.04. The van der Waals surface area contributed by atoms with Crippen molar-refractivity contribution in [1.29, 1.82) is 10.5 Å². The fourth-order valence-corrected chi connectivity index (χ4v) is 1.19. The second kappa shape index (κ2) is 3.12. The maximum absolute atomic E-state index is 8.77. The molecule has 1 heterocycles. The van der Waals surface area contributed by atoms with Crippen molar-refractivity contribution in [3.05, 3.63) is 22.4 Å². The van der Waals surface area contributed by atoms with E-state index in [1.54, 1.807) is 13.8 Å². The van der Waals surface area contributed by atoms with Gasteiger partial charge in [-0.2, -0.15) is 10.5 Å². The Morgan fingerprint density at radius 1 is 1.15 bits per heavy atom. The number of pyridine rings is 1. The minimum Gasteiger partial charge on any atom is -0.383 e. The molecule has 13 heavy (non-hydrogen) atoms. The van der Waals surface area contributed by atoms with E-state index in [-0.39, 0.29) is 5.82 Å². The van der Waals surface area contributed by atoms with E-state index in [0.29, 0.717) is 22.4 Å². The molecule has 0 aromatic carbocycles. The number of hydrogen-bond donors (Lipinski definition) is 1. The van der Waals surface area contributed by atoms with E-state index in [2.05, 4.69) is 4.98 Å². The SMILES string of the molecule is Cc1nc(N)c(C#N)c(C)c1C#N. The number of nitrogen functional groups attached to an aromatic ring is 1. The Bertz CT molecular complexity index is 396. The van der Waals surface area contributed by atoms with E-state index < -0.39 is 0 Å². The van der Waals surface area contributed by atoms with E-state index >= 15 is 0 Å². The molecule has 0 aliphatic heterocycles. The van der Waals surface area contributed by atoms with E-state index in [1.807, 2.05) is 12.1 Å². The first-order chi connectivity index (χ1) is 6.11. The Balaban J connectivity index is 3.63. The Morgan fingerprint density at radius 3 is 2.15 bits per heavy atom. The second-order valence-electron chi connectivity index (χ2n) is 2.68. The van der Waals surface area contributed by atoms with Crippen molar-refractivity contribution in [2.24, 2.45) is 0 Å². The number of anilines is 1. The number of nitrogens with zero attached hydrogens (tertiary/aromatic N) is 3. The van der Waals surface area contributed by atoms with Gasteiger partial charge >= 0.3 is 0 Å². The summed E-state index contributed by atoms with van der Waals surface area (Å²) in [6.45, 7) is 3.39. The number of rotatable bonds is 0. The number of nitrogens with two attached hydrogens (primary N) is 1. The van der Waals surface area contributed by atoms with Gasteiger partial charge in [0.1, 0.15) is 18.0 Å². The molecular weight excluding hydrogens is 164 g/mol. The number of hydrogen-bond acceptors (Lipinski definition) is 4. The molecule has 0 fully saturated rings. The van der Waals surface area contributed by atoms with Gasteiger partial charge in [-0.15, -0.1) is 0 Å². The lowest BCUT2D eigenvalue weighted by Gasteiger charge is -2.05. The zero-order chi connectivity index (χ0) is 10.0. The Morgan fingerprint density at radius 2 is 1.69 bits per heavy atom. The number of nitriles is 2. The highest BCUT2D eigenvalue weighted by Gasteiger charge is 2.11. The van der Waals surface area contributed by atoms with Gasteiger partial charge in [-0.1, -0.05) is 0 Å². The molecule has 0 spiro atoms. The highest BCUT2D eigenvalue weighted by atomic mass is 14.8. The molecule has 0 unspecified atom stereocenters. The summed E-state index contributed by atoms with van der Waals surface area (Å²) in [6, 6.07) is 3.92. The van der Waals surface area contributed by atoms with Crippen molar-refractivity contribution < 1.29 is 0 Å². The third kappa shape index (κ3) is 1.30. The molecule has 1 aromatic heterocycles. The van der Waals surface area contributed by atoms with Gasteiger partial charge in [0.05, 0.1) is 16.8 Å². The third-order valence-electron chi connectivity index (χ3n) is 1.88. The minimum absolute atomic E-state index is 0.191. The first-order valence-corrected chi connectivity index (χ1v) is 3.68. The monoisotopic (exact) mass is 172 g/mol. The molecule has 1 aromatic rings. The molecule has 0 bridgehead atoms. The number of aromatic nitrogens is 1. The highest BCUT2D eigenvalue weighted by Crippen LogP contribution is 2.19. The molecular formula is C9H8N4. The molecule has 4 heteroatoms. The van der Waals surface area contributed by atoms with Crippen LogP contribution in [0.5, 0.6) is 0 Å². The summed E-state index contributed by atoms with van der Waals surface area (Å²) < 4.78 is 0. The fourth-order valence-electron chi connectivity index (χ4n) is 1.19. The average molecular weight is 172 g/mol.